The molecule has 2 heteroatoms. The van der Waals surface area contributed by atoms with Crippen molar-refractivity contribution in [2.24, 2.45) is 7.05 Å². The maximum atomic E-state index is 2.08. The van der Waals surface area contributed by atoms with Crippen LogP contribution in [0.3, 0.4) is 0 Å². The van der Waals surface area contributed by atoms with Crippen LogP contribution < -0.4 is 0 Å². The minimum Gasteiger partial charge on any atom is -0.336 e. The Morgan fingerprint density at radius 2 is 2.11 bits per heavy atom. The molecule has 0 spiro atoms. The number of aromatic nitrogens is 2. The van der Waals surface area contributed by atoms with Crippen molar-refractivity contribution in [2.45, 2.75) is 0 Å². The van der Waals surface area contributed by atoms with Gasteiger partial charge in [0.1, 0.15) is 5.65 Å². The molecule has 0 unspecified atom stereocenters. The van der Waals surface area contributed by atoms with E-state index in [1.807, 2.05) is 31.7 Å². The lowest BCUT2D eigenvalue weighted by atomic mass is 10.6. The van der Waals surface area contributed by atoms with E-state index in [4.69, 9.17) is 0 Å². The van der Waals surface area contributed by atoms with Crippen molar-refractivity contribution in [3.63, 3.8) is 0 Å². The van der Waals surface area contributed by atoms with Crippen LogP contribution in [-0.4, -0.2) is 8.97 Å². The molecule has 2 aromatic heterocycles. The van der Waals surface area contributed by atoms with Crippen molar-refractivity contribution in [3.8, 4) is 0 Å². The van der Waals surface area contributed by atoms with Crippen LogP contribution in [0.25, 0.3) is 5.65 Å². The van der Waals surface area contributed by atoms with E-state index in [9.17, 15) is 0 Å². The summed E-state index contributed by atoms with van der Waals surface area (Å²) in [7, 11) is 2.04. The van der Waals surface area contributed by atoms with Gasteiger partial charge in [0.25, 0.3) is 0 Å². The van der Waals surface area contributed by atoms with Crippen LogP contribution in [0, 0.1) is 0 Å². The molecule has 0 saturated heterocycles. The topological polar surface area (TPSA) is 9.34 Å². The first-order valence-electron chi connectivity index (χ1n) is 2.96. The van der Waals surface area contributed by atoms with Gasteiger partial charge in [0.15, 0.2) is 0 Å². The maximum absolute atomic E-state index is 2.08. The van der Waals surface area contributed by atoms with E-state index in [1.54, 1.807) is 0 Å². The zero-order chi connectivity index (χ0) is 6.27. The van der Waals surface area contributed by atoms with Crippen molar-refractivity contribution < 1.29 is 0 Å². The normalized spacial score (nSPS) is 10.8. The Balaban J connectivity index is 2.99. The van der Waals surface area contributed by atoms with Gasteiger partial charge in [0.2, 0.25) is 0 Å². The van der Waals surface area contributed by atoms with Crippen LogP contribution in [0.5, 0.6) is 0 Å². The molecule has 9 heavy (non-hydrogen) atoms. The van der Waals surface area contributed by atoms with E-state index in [0.717, 1.165) is 0 Å². The van der Waals surface area contributed by atoms with Crippen molar-refractivity contribution in [2.75, 3.05) is 0 Å². The summed E-state index contributed by atoms with van der Waals surface area (Å²) in [5, 5.41) is 0. The maximum Gasteiger partial charge on any atom is 0.116 e. The first kappa shape index (κ1) is 4.68. The Morgan fingerprint density at radius 1 is 1.22 bits per heavy atom. The molecule has 0 aromatic carbocycles. The zero-order valence-electron chi connectivity index (χ0n) is 5.28. The molecule has 0 amide bonds. The lowest BCUT2D eigenvalue weighted by Gasteiger charge is -1.86. The molecule has 46 valence electrons. The van der Waals surface area contributed by atoms with Gasteiger partial charge < -0.3 is 8.97 Å². The molecule has 0 fully saturated rings. The third kappa shape index (κ3) is 0.499. The van der Waals surface area contributed by atoms with Gasteiger partial charge in [-0.05, 0) is 12.1 Å². The average molecular weight is 120 g/mol. The Morgan fingerprint density at radius 3 is 2.89 bits per heavy atom. The fourth-order valence-electron chi connectivity index (χ4n) is 1.06. The van der Waals surface area contributed by atoms with Gasteiger partial charge in [-0.1, -0.05) is 0 Å². The molecule has 0 aliphatic rings. The molecule has 0 radical (unpaired) electrons. The van der Waals surface area contributed by atoms with E-state index >= 15 is 0 Å². The zero-order valence-corrected chi connectivity index (χ0v) is 5.28. The molecule has 0 bridgehead atoms. The van der Waals surface area contributed by atoms with Crippen LogP contribution >= 0.6 is 0 Å². The molecular weight excluding hydrogens is 112 g/mol. The Kier molecular flexibility index (Phi) is 0.730. The highest BCUT2D eigenvalue weighted by molar-refractivity contribution is 5.40. The minimum absolute atomic E-state index is 1.23. The van der Waals surface area contributed by atoms with Gasteiger partial charge in [0.05, 0.1) is 0 Å². The fourth-order valence-corrected chi connectivity index (χ4v) is 1.06. The summed E-state index contributed by atoms with van der Waals surface area (Å²) in [6.07, 6.45) is 6.11. The van der Waals surface area contributed by atoms with Crippen LogP contribution in [-0.2, 0) is 7.05 Å². The smallest absolute Gasteiger partial charge is 0.116 e. The number of imidazole rings is 1. The standard InChI is InChI=1S/C7H8N2/c1-8-5-6-9-4-2-3-7(8)9/h2-6H,1H3. The lowest BCUT2D eigenvalue weighted by molar-refractivity contribution is 0.959. The third-order valence-electron chi connectivity index (χ3n) is 1.57. The second-order valence-corrected chi connectivity index (χ2v) is 2.18. The highest BCUT2D eigenvalue weighted by Crippen LogP contribution is 2.02. The Bertz CT molecular complexity index is 316. The quantitative estimate of drug-likeness (QED) is 0.495. The molecule has 2 heterocycles. The molecule has 0 atom stereocenters. The minimum atomic E-state index is 1.23. The predicted molar refractivity (Wildman–Crippen MR) is 36.4 cm³/mol. The molecule has 0 N–H and O–H groups in total. The largest absolute Gasteiger partial charge is 0.336 e. The lowest BCUT2D eigenvalue weighted by Crippen LogP contribution is -1.82. The van der Waals surface area contributed by atoms with E-state index in [1.165, 1.54) is 5.65 Å². The number of hydrogen-bond donors (Lipinski definition) is 0. The van der Waals surface area contributed by atoms with Crippen molar-refractivity contribution in [1.82, 2.24) is 8.97 Å². The van der Waals surface area contributed by atoms with E-state index in [0.29, 0.717) is 0 Å². The summed E-state index contributed by atoms with van der Waals surface area (Å²) in [6, 6.07) is 4.12. The molecular formula is C7H8N2. The molecule has 0 saturated carbocycles. The number of hydrogen-bond acceptors (Lipinski definition) is 0. The second-order valence-electron chi connectivity index (χ2n) is 2.18. The van der Waals surface area contributed by atoms with Gasteiger partial charge >= 0.3 is 0 Å². The highest BCUT2D eigenvalue weighted by Gasteiger charge is 1.91. The van der Waals surface area contributed by atoms with Crippen molar-refractivity contribution >= 4 is 5.65 Å². The summed E-state index contributed by atoms with van der Waals surface area (Å²) in [4.78, 5) is 0. The second kappa shape index (κ2) is 1.41. The summed E-state index contributed by atoms with van der Waals surface area (Å²) < 4.78 is 4.17. The van der Waals surface area contributed by atoms with E-state index in [-0.39, 0.29) is 0 Å². The average Bonchev–Trinajstić information content (AvgIpc) is 2.35. The van der Waals surface area contributed by atoms with Crippen LogP contribution in [0.4, 0.5) is 0 Å². The molecule has 2 rings (SSSR count). The van der Waals surface area contributed by atoms with E-state index < -0.39 is 0 Å². The van der Waals surface area contributed by atoms with Crippen molar-refractivity contribution in [3.05, 3.63) is 30.7 Å². The van der Waals surface area contributed by atoms with Crippen molar-refractivity contribution in [1.29, 1.82) is 0 Å². The number of rotatable bonds is 0. The predicted octanol–water partition coefficient (Wildman–Crippen LogP) is 1.28. The van der Waals surface area contributed by atoms with Gasteiger partial charge in [0, 0.05) is 25.6 Å². The molecule has 0 aliphatic heterocycles. The monoisotopic (exact) mass is 120 g/mol. The van der Waals surface area contributed by atoms with Crippen LogP contribution in [0.1, 0.15) is 0 Å². The molecule has 2 nitrogen and oxygen atoms in total. The fraction of sp³-hybridized carbons (Fsp3) is 0.143. The first-order chi connectivity index (χ1) is 4.38. The van der Waals surface area contributed by atoms with E-state index in [2.05, 4.69) is 15.0 Å². The van der Waals surface area contributed by atoms with Crippen LogP contribution in [0.2, 0.25) is 0 Å². The van der Waals surface area contributed by atoms with Gasteiger partial charge in [-0.15, -0.1) is 0 Å². The number of nitrogens with zero attached hydrogens (tertiary/aromatic N) is 2. The third-order valence-corrected chi connectivity index (χ3v) is 1.57. The Labute approximate surface area is 53.3 Å². The molecule has 0 aliphatic carbocycles. The number of fused-ring (bicyclic) bond motifs is 1. The Hall–Kier alpha value is -1.18. The summed E-state index contributed by atoms with van der Waals surface area (Å²) >= 11 is 0. The van der Waals surface area contributed by atoms with Gasteiger partial charge in [-0.3, -0.25) is 0 Å². The van der Waals surface area contributed by atoms with Gasteiger partial charge in [-0.2, -0.15) is 0 Å². The highest BCUT2D eigenvalue weighted by atomic mass is 15.1. The summed E-state index contributed by atoms with van der Waals surface area (Å²) in [5.74, 6) is 0. The number of aryl methyl sites for hydroxylation is 1. The summed E-state index contributed by atoms with van der Waals surface area (Å²) in [6.45, 7) is 0. The SMILES string of the molecule is Cn1ccn2cccc12. The van der Waals surface area contributed by atoms with Gasteiger partial charge in [-0.25, -0.2) is 0 Å². The van der Waals surface area contributed by atoms with Crippen LogP contribution in [0.15, 0.2) is 30.7 Å². The summed E-state index contributed by atoms with van der Waals surface area (Å²) in [5.41, 5.74) is 1.23. The first-order valence-corrected chi connectivity index (χ1v) is 2.96. The molecule has 2 aromatic rings.